The zero-order valence-electron chi connectivity index (χ0n) is 11.0. The fraction of sp³-hybridized carbons (Fsp3) is 0.385. The summed E-state index contributed by atoms with van der Waals surface area (Å²) in [4.78, 5) is 12.3. The highest BCUT2D eigenvalue weighted by Gasteiger charge is 2.31. The molecule has 0 aromatic heterocycles. The molecule has 0 radical (unpaired) electrons. The SMILES string of the molecule is CCC(CC)(NC(=O)Nc1ccccc1Cl)C(N)=S. The summed E-state index contributed by atoms with van der Waals surface area (Å²) >= 11 is 11.0. The third-order valence-electron chi connectivity index (χ3n) is 3.15. The number of hydrogen-bond donors (Lipinski definition) is 3. The lowest BCUT2D eigenvalue weighted by atomic mass is 9.93. The molecule has 0 saturated heterocycles. The van der Waals surface area contributed by atoms with E-state index >= 15 is 0 Å². The maximum atomic E-state index is 12.0. The molecule has 0 saturated carbocycles. The zero-order chi connectivity index (χ0) is 14.5. The normalized spacial score (nSPS) is 10.9. The molecule has 0 heterocycles. The second kappa shape index (κ2) is 6.73. The van der Waals surface area contributed by atoms with Crippen molar-refractivity contribution in [1.82, 2.24) is 5.32 Å². The minimum absolute atomic E-state index is 0.284. The largest absolute Gasteiger partial charge is 0.391 e. The lowest BCUT2D eigenvalue weighted by molar-refractivity contribution is 0.243. The number of halogens is 1. The van der Waals surface area contributed by atoms with Crippen LogP contribution in [0.3, 0.4) is 0 Å². The first-order valence-corrected chi connectivity index (χ1v) is 6.87. The molecule has 6 heteroatoms. The highest BCUT2D eigenvalue weighted by atomic mass is 35.5. The Kier molecular flexibility index (Phi) is 5.57. The van der Waals surface area contributed by atoms with Gasteiger partial charge in [0, 0.05) is 0 Å². The first kappa shape index (κ1) is 15.7. The average molecular weight is 300 g/mol. The Morgan fingerprint density at radius 1 is 1.37 bits per heavy atom. The summed E-state index contributed by atoms with van der Waals surface area (Å²) in [6, 6.07) is 6.65. The van der Waals surface area contributed by atoms with E-state index in [4.69, 9.17) is 29.6 Å². The highest BCUT2D eigenvalue weighted by Crippen LogP contribution is 2.21. The van der Waals surface area contributed by atoms with Crippen molar-refractivity contribution in [2.24, 2.45) is 5.73 Å². The molecule has 0 aliphatic rings. The zero-order valence-corrected chi connectivity index (χ0v) is 12.6. The Bertz CT molecular complexity index is 475. The number of rotatable bonds is 5. The van der Waals surface area contributed by atoms with Crippen LogP contribution in [0.2, 0.25) is 5.02 Å². The molecular weight excluding hydrogens is 282 g/mol. The number of carbonyl (C=O) groups excluding carboxylic acids is 1. The van der Waals surface area contributed by atoms with Gasteiger partial charge in [-0.2, -0.15) is 0 Å². The number of nitrogens with one attached hydrogen (secondary N) is 2. The van der Waals surface area contributed by atoms with Gasteiger partial charge in [-0.25, -0.2) is 4.79 Å². The number of hydrogen-bond acceptors (Lipinski definition) is 2. The van der Waals surface area contributed by atoms with Crippen molar-refractivity contribution in [1.29, 1.82) is 0 Å². The molecule has 0 aliphatic carbocycles. The van der Waals surface area contributed by atoms with E-state index < -0.39 is 5.54 Å². The molecular formula is C13H18ClN3OS. The smallest absolute Gasteiger partial charge is 0.320 e. The van der Waals surface area contributed by atoms with Gasteiger partial charge < -0.3 is 16.4 Å². The van der Waals surface area contributed by atoms with Crippen LogP contribution in [-0.2, 0) is 0 Å². The van der Waals surface area contributed by atoms with E-state index in [1.54, 1.807) is 24.3 Å². The molecule has 2 amide bonds. The Hall–Kier alpha value is -1.33. The van der Waals surface area contributed by atoms with Gasteiger partial charge in [-0.05, 0) is 25.0 Å². The van der Waals surface area contributed by atoms with Crippen LogP contribution in [0, 0.1) is 0 Å². The fourth-order valence-corrected chi connectivity index (χ4v) is 2.29. The molecule has 0 atom stereocenters. The van der Waals surface area contributed by atoms with E-state index in [1.165, 1.54) is 0 Å². The maximum absolute atomic E-state index is 12.0. The van der Waals surface area contributed by atoms with Gasteiger partial charge in [0.15, 0.2) is 0 Å². The molecule has 0 aliphatic heterocycles. The van der Waals surface area contributed by atoms with Crippen molar-refractivity contribution in [3.63, 3.8) is 0 Å². The number of carbonyl (C=O) groups is 1. The summed E-state index contributed by atoms with van der Waals surface area (Å²) in [6.45, 7) is 3.86. The summed E-state index contributed by atoms with van der Waals surface area (Å²) < 4.78 is 0. The van der Waals surface area contributed by atoms with Crippen LogP contribution < -0.4 is 16.4 Å². The lowest BCUT2D eigenvalue weighted by Crippen LogP contribution is -2.57. The number of urea groups is 1. The molecule has 4 nitrogen and oxygen atoms in total. The molecule has 0 unspecified atom stereocenters. The summed E-state index contributed by atoms with van der Waals surface area (Å²) in [5.41, 5.74) is 5.61. The molecule has 1 aromatic carbocycles. The van der Waals surface area contributed by atoms with Crippen molar-refractivity contribution in [3.8, 4) is 0 Å². The topological polar surface area (TPSA) is 67.2 Å². The molecule has 1 rings (SSSR count). The van der Waals surface area contributed by atoms with Crippen molar-refractivity contribution in [2.45, 2.75) is 32.2 Å². The van der Waals surface area contributed by atoms with Crippen LogP contribution in [0.25, 0.3) is 0 Å². The molecule has 0 bridgehead atoms. The van der Waals surface area contributed by atoms with Gasteiger partial charge in [-0.1, -0.05) is 49.8 Å². The number of amides is 2. The van der Waals surface area contributed by atoms with Gasteiger partial charge >= 0.3 is 6.03 Å². The van der Waals surface area contributed by atoms with Crippen LogP contribution in [0.1, 0.15) is 26.7 Å². The van der Waals surface area contributed by atoms with Crippen LogP contribution in [0.5, 0.6) is 0 Å². The van der Waals surface area contributed by atoms with Crippen molar-refractivity contribution in [3.05, 3.63) is 29.3 Å². The van der Waals surface area contributed by atoms with E-state index in [9.17, 15) is 4.79 Å². The standard InChI is InChI=1S/C13H18ClN3OS/c1-3-13(4-2,11(15)19)17-12(18)16-10-8-6-5-7-9(10)14/h5-8H,3-4H2,1-2H3,(H2,15,19)(H2,16,17,18). The molecule has 1 aromatic rings. The van der Waals surface area contributed by atoms with Gasteiger partial charge in [0.2, 0.25) is 0 Å². The quantitative estimate of drug-likeness (QED) is 0.731. The van der Waals surface area contributed by atoms with Crippen LogP contribution >= 0.6 is 23.8 Å². The van der Waals surface area contributed by atoms with Gasteiger partial charge in [0.1, 0.15) is 0 Å². The lowest BCUT2D eigenvalue weighted by Gasteiger charge is -2.31. The highest BCUT2D eigenvalue weighted by molar-refractivity contribution is 7.80. The second-order valence-corrected chi connectivity index (χ2v) is 5.06. The molecule has 19 heavy (non-hydrogen) atoms. The first-order valence-electron chi connectivity index (χ1n) is 6.08. The van der Waals surface area contributed by atoms with E-state index in [1.807, 2.05) is 13.8 Å². The average Bonchev–Trinajstić information content (AvgIpc) is 2.38. The van der Waals surface area contributed by atoms with Gasteiger partial charge in [-0.3, -0.25) is 0 Å². The van der Waals surface area contributed by atoms with E-state index in [0.29, 0.717) is 23.6 Å². The minimum Gasteiger partial charge on any atom is -0.391 e. The predicted molar refractivity (Wildman–Crippen MR) is 83.7 cm³/mol. The van der Waals surface area contributed by atoms with Gasteiger partial charge in [-0.15, -0.1) is 0 Å². The summed E-state index contributed by atoms with van der Waals surface area (Å²) in [5, 5.41) is 6.00. The number of anilines is 1. The second-order valence-electron chi connectivity index (χ2n) is 4.21. The summed E-state index contributed by atoms with van der Waals surface area (Å²) in [5.74, 6) is 0. The Balaban J connectivity index is 2.80. The van der Waals surface area contributed by atoms with Crippen molar-refractivity contribution in [2.75, 3.05) is 5.32 Å². The Morgan fingerprint density at radius 3 is 2.42 bits per heavy atom. The number of benzene rings is 1. The summed E-state index contributed by atoms with van der Waals surface area (Å²) in [6.07, 6.45) is 1.27. The number of nitrogens with two attached hydrogens (primary N) is 1. The van der Waals surface area contributed by atoms with E-state index in [-0.39, 0.29) is 11.0 Å². The maximum Gasteiger partial charge on any atom is 0.320 e. The molecule has 4 N–H and O–H groups in total. The van der Waals surface area contributed by atoms with Crippen LogP contribution in [-0.4, -0.2) is 16.6 Å². The monoisotopic (exact) mass is 299 g/mol. The Morgan fingerprint density at radius 2 is 1.95 bits per heavy atom. The summed E-state index contributed by atoms with van der Waals surface area (Å²) in [7, 11) is 0. The van der Waals surface area contributed by atoms with E-state index in [2.05, 4.69) is 10.6 Å². The van der Waals surface area contributed by atoms with Crippen LogP contribution in [0.4, 0.5) is 10.5 Å². The fourth-order valence-electron chi connectivity index (χ4n) is 1.77. The van der Waals surface area contributed by atoms with Crippen molar-refractivity contribution < 1.29 is 4.79 Å². The van der Waals surface area contributed by atoms with Crippen molar-refractivity contribution >= 4 is 40.5 Å². The first-order chi connectivity index (χ1) is 8.95. The number of para-hydroxylation sites is 1. The third-order valence-corrected chi connectivity index (χ3v) is 3.87. The third kappa shape index (κ3) is 3.81. The molecule has 0 spiro atoms. The minimum atomic E-state index is -0.666. The molecule has 0 fully saturated rings. The van der Waals surface area contributed by atoms with Gasteiger partial charge in [0.25, 0.3) is 0 Å². The number of thiocarbonyl (C=S) groups is 1. The molecule has 104 valence electrons. The Labute approximate surface area is 123 Å². The van der Waals surface area contributed by atoms with Crippen LogP contribution in [0.15, 0.2) is 24.3 Å². The van der Waals surface area contributed by atoms with Gasteiger partial charge in [0.05, 0.1) is 21.2 Å². The predicted octanol–water partition coefficient (Wildman–Crippen LogP) is 3.31. The van der Waals surface area contributed by atoms with E-state index in [0.717, 1.165) is 0 Å².